The van der Waals surface area contributed by atoms with Crippen molar-refractivity contribution in [2.24, 2.45) is 0 Å². The number of hydrogen-bond donors (Lipinski definition) is 2. The molecule has 0 fully saturated rings. The lowest BCUT2D eigenvalue weighted by atomic mass is 9.97. The van der Waals surface area contributed by atoms with Gasteiger partial charge in [0.05, 0.1) is 5.35 Å². The summed E-state index contributed by atoms with van der Waals surface area (Å²) in [7, 11) is 0. The first-order valence-electron chi connectivity index (χ1n) is 8.19. The van der Waals surface area contributed by atoms with E-state index in [-0.39, 0.29) is 5.43 Å². The van der Waals surface area contributed by atoms with Crippen molar-refractivity contribution in [3.63, 3.8) is 0 Å². The van der Waals surface area contributed by atoms with Gasteiger partial charge in [0.1, 0.15) is 0 Å². The van der Waals surface area contributed by atoms with Crippen molar-refractivity contribution < 1.29 is 0 Å². The summed E-state index contributed by atoms with van der Waals surface area (Å²) in [5.41, 5.74) is 4.46. The minimum absolute atomic E-state index is 0.0228. The van der Waals surface area contributed by atoms with Crippen LogP contribution in [-0.4, -0.2) is 11.5 Å². The van der Waals surface area contributed by atoms with E-state index in [4.69, 9.17) is 0 Å². The van der Waals surface area contributed by atoms with Crippen LogP contribution in [0, 0.1) is 0 Å². The Bertz CT molecular complexity index is 1200. The normalized spacial score (nSPS) is 16.6. The fourth-order valence-corrected chi connectivity index (χ4v) is 3.18. The fraction of sp³-hybridized carbons (Fsp3) is 0.0455. The number of allylic oxidation sites excluding steroid dienone is 2. The number of benzene rings is 2. The average molecular weight is 326 g/mol. The minimum Gasteiger partial charge on any atom is -0.381 e. The zero-order valence-corrected chi connectivity index (χ0v) is 13.8. The van der Waals surface area contributed by atoms with Crippen molar-refractivity contribution >= 4 is 34.3 Å². The summed E-state index contributed by atoms with van der Waals surface area (Å²) in [6.45, 7) is 8.91. The summed E-state index contributed by atoms with van der Waals surface area (Å²) < 4.78 is 0. The molecule has 0 saturated carbocycles. The summed E-state index contributed by atoms with van der Waals surface area (Å²) in [5, 5.41) is 5.48. The number of anilines is 1. The van der Waals surface area contributed by atoms with Gasteiger partial charge in [-0.3, -0.25) is 4.79 Å². The summed E-state index contributed by atoms with van der Waals surface area (Å²) in [6.07, 6.45) is 3.83. The molecule has 3 heteroatoms. The Morgan fingerprint density at radius 3 is 2.60 bits per heavy atom. The molecule has 3 aromatic rings. The summed E-state index contributed by atoms with van der Waals surface area (Å²) in [5.74, 6) is 0. The van der Waals surface area contributed by atoms with Crippen molar-refractivity contribution in [1.82, 2.24) is 4.98 Å². The van der Waals surface area contributed by atoms with Gasteiger partial charge in [-0.15, -0.1) is 0 Å². The number of fused-ring (bicyclic) bond motifs is 3. The van der Waals surface area contributed by atoms with Crippen LogP contribution in [0.2, 0.25) is 0 Å². The molecule has 2 heterocycles. The van der Waals surface area contributed by atoms with Crippen LogP contribution in [0.1, 0.15) is 5.56 Å². The third-order valence-electron chi connectivity index (χ3n) is 4.53. The molecule has 2 N–H and O–H groups in total. The largest absolute Gasteiger partial charge is 0.381 e. The van der Waals surface area contributed by atoms with Gasteiger partial charge >= 0.3 is 0 Å². The van der Waals surface area contributed by atoms with Crippen LogP contribution in [0.15, 0.2) is 72.1 Å². The average Bonchev–Trinajstić information content (AvgIpc) is 2.63. The predicted octanol–water partition coefficient (Wildman–Crippen LogP) is 2.78. The number of aromatic amines is 1. The molecule has 1 aliphatic heterocycles. The smallest absolute Gasteiger partial charge is 0.196 e. The fourth-order valence-electron chi connectivity index (χ4n) is 3.18. The molecule has 0 amide bonds. The van der Waals surface area contributed by atoms with Gasteiger partial charge in [0.2, 0.25) is 0 Å². The van der Waals surface area contributed by atoms with Crippen LogP contribution in [0.25, 0.3) is 28.6 Å². The molecular weight excluding hydrogens is 308 g/mol. The highest BCUT2D eigenvalue weighted by Gasteiger charge is 2.09. The predicted molar refractivity (Wildman–Crippen MR) is 106 cm³/mol. The Kier molecular flexibility index (Phi) is 3.62. The van der Waals surface area contributed by atoms with Crippen LogP contribution in [0.4, 0.5) is 5.69 Å². The van der Waals surface area contributed by atoms with Crippen molar-refractivity contribution in [3.05, 3.63) is 93.6 Å². The van der Waals surface area contributed by atoms with Crippen molar-refractivity contribution in [2.75, 3.05) is 11.9 Å². The second-order valence-corrected chi connectivity index (χ2v) is 6.11. The van der Waals surface area contributed by atoms with E-state index in [2.05, 4.69) is 23.5 Å². The van der Waals surface area contributed by atoms with E-state index in [1.165, 1.54) is 0 Å². The van der Waals surface area contributed by atoms with Crippen molar-refractivity contribution in [1.29, 1.82) is 0 Å². The lowest BCUT2D eigenvalue weighted by molar-refractivity contribution is 1.24. The number of nitrogens with one attached hydrogen (secondary N) is 2. The van der Waals surface area contributed by atoms with Crippen LogP contribution in [-0.2, 0) is 0 Å². The van der Waals surface area contributed by atoms with E-state index in [9.17, 15) is 4.79 Å². The molecule has 0 saturated heterocycles. The van der Waals surface area contributed by atoms with E-state index in [1.54, 1.807) is 0 Å². The Balaban J connectivity index is 2.03. The minimum atomic E-state index is 0.0228. The molecule has 3 nitrogen and oxygen atoms in total. The van der Waals surface area contributed by atoms with Crippen molar-refractivity contribution in [2.45, 2.75) is 0 Å². The Morgan fingerprint density at radius 1 is 0.960 bits per heavy atom. The number of H-pyrrole nitrogens is 1. The SMILES string of the molecule is C=C1/C=c2/[nH]c3ccccc3c(=O)/c2=C/CNc2ccccc2C1=C. The standard InChI is InChI=1S/C22H18N2O/c1-14-13-21-18(22(25)17-8-4-6-10-20(17)24-21)11-12-23-19-9-5-3-7-16(19)15(14)2/h3-11,13,23-24H,1-2,12H2/b18-11+,21-13+. The van der Waals surface area contributed by atoms with Gasteiger partial charge in [0.25, 0.3) is 0 Å². The Labute approximate surface area is 145 Å². The highest BCUT2D eigenvalue weighted by atomic mass is 16.1. The third-order valence-corrected chi connectivity index (χ3v) is 4.53. The maximum absolute atomic E-state index is 12.9. The first-order chi connectivity index (χ1) is 12.1. The van der Waals surface area contributed by atoms with Crippen molar-refractivity contribution in [3.8, 4) is 0 Å². The van der Waals surface area contributed by atoms with Gasteiger partial charge in [0, 0.05) is 33.9 Å². The maximum atomic E-state index is 12.9. The summed E-state index contributed by atoms with van der Waals surface area (Å²) in [4.78, 5) is 16.3. The van der Waals surface area contributed by atoms with Gasteiger partial charge < -0.3 is 10.3 Å². The lowest BCUT2D eigenvalue weighted by Crippen LogP contribution is -2.42. The topological polar surface area (TPSA) is 44.9 Å². The third kappa shape index (κ3) is 2.60. The number of aromatic nitrogens is 1. The van der Waals surface area contributed by atoms with Gasteiger partial charge in [-0.25, -0.2) is 0 Å². The highest BCUT2D eigenvalue weighted by molar-refractivity contribution is 5.90. The number of hydrogen-bond acceptors (Lipinski definition) is 2. The number of para-hydroxylation sites is 2. The molecule has 25 heavy (non-hydrogen) atoms. The van der Waals surface area contributed by atoms with Crippen LogP contribution >= 0.6 is 0 Å². The zero-order chi connectivity index (χ0) is 17.4. The van der Waals surface area contributed by atoms with Crippen LogP contribution in [0.3, 0.4) is 0 Å². The molecule has 2 aromatic carbocycles. The van der Waals surface area contributed by atoms with Gasteiger partial charge in [-0.2, -0.15) is 0 Å². The molecule has 0 unspecified atom stereocenters. The molecular formula is C22H18N2O. The quantitative estimate of drug-likeness (QED) is 0.667. The molecule has 122 valence electrons. The second kappa shape index (κ2) is 5.95. The first kappa shape index (κ1) is 15.2. The molecule has 1 aromatic heterocycles. The number of pyridine rings is 1. The van der Waals surface area contributed by atoms with E-state index in [0.29, 0.717) is 17.1 Å². The van der Waals surface area contributed by atoms with Gasteiger partial charge in [-0.1, -0.05) is 49.6 Å². The van der Waals surface area contributed by atoms with Gasteiger partial charge in [-0.05, 0) is 35.4 Å². The lowest BCUT2D eigenvalue weighted by Gasteiger charge is -2.14. The Hall–Kier alpha value is -3.33. The van der Waals surface area contributed by atoms with E-state index in [0.717, 1.165) is 33.3 Å². The summed E-state index contributed by atoms with van der Waals surface area (Å²) >= 11 is 0. The summed E-state index contributed by atoms with van der Waals surface area (Å²) in [6, 6.07) is 15.5. The monoisotopic (exact) mass is 326 g/mol. The van der Waals surface area contributed by atoms with Crippen LogP contribution < -0.4 is 21.3 Å². The molecule has 0 radical (unpaired) electrons. The molecule has 0 aliphatic carbocycles. The van der Waals surface area contributed by atoms with E-state index in [1.807, 2.05) is 60.7 Å². The molecule has 1 aliphatic rings. The molecule has 4 rings (SSSR count). The zero-order valence-electron chi connectivity index (χ0n) is 13.8. The highest BCUT2D eigenvalue weighted by Crippen LogP contribution is 2.27. The van der Waals surface area contributed by atoms with E-state index >= 15 is 0 Å². The first-order valence-corrected chi connectivity index (χ1v) is 8.19. The molecule has 0 spiro atoms. The number of rotatable bonds is 0. The maximum Gasteiger partial charge on any atom is 0.196 e. The van der Waals surface area contributed by atoms with E-state index < -0.39 is 0 Å². The van der Waals surface area contributed by atoms with Crippen LogP contribution in [0.5, 0.6) is 0 Å². The van der Waals surface area contributed by atoms with Gasteiger partial charge in [0.15, 0.2) is 5.43 Å². The molecule has 0 atom stereocenters. The second-order valence-electron chi connectivity index (χ2n) is 6.11. The molecule has 0 bridgehead atoms. The Morgan fingerprint density at radius 2 is 1.72 bits per heavy atom.